The summed E-state index contributed by atoms with van der Waals surface area (Å²) in [7, 11) is 0. The van der Waals surface area contributed by atoms with Gasteiger partial charge in [0.25, 0.3) is 0 Å². The molecule has 1 saturated carbocycles. The van der Waals surface area contributed by atoms with Crippen molar-refractivity contribution in [3.63, 3.8) is 0 Å². The van der Waals surface area contributed by atoms with E-state index in [2.05, 4.69) is 34.8 Å². The quantitative estimate of drug-likeness (QED) is 0.858. The monoisotopic (exact) mass is 289 g/mol. The fourth-order valence-electron chi connectivity index (χ4n) is 2.33. The number of aromatic nitrogens is 1. The van der Waals surface area contributed by atoms with Gasteiger partial charge >= 0.3 is 0 Å². The highest BCUT2D eigenvalue weighted by Gasteiger charge is 2.39. The molecule has 0 spiro atoms. The van der Waals surface area contributed by atoms with Crippen molar-refractivity contribution >= 4 is 27.3 Å². The van der Waals surface area contributed by atoms with E-state index in [1.54, 1.807) is 16.8 Å². The zero-order valence-corrected chi connectivity index (χ0v) is 11.4. The highest BCUT2D eigenvalue weighted by atomic mass is 79.9. The molecule has 3 atom stereocenters. The van der Waals surface area contributed by atoms with Crippen LogP contribution in [-0.2, 0) is 5.60 Å². The summed E-state index contributed by atoms with van der Waals surface area (Å²) in [5, 5.41) is 10.6. The molecule has 1 heterocycles. The van der Waals surface area contributed by atoms with E-state index in [0.717, 1.165) is 34.7 Å². The Bertz CT molecular complexity index is 354. The summed E-state index contributed by atoms with van der Waals surface area (Å²) in [4.78, 5) is 5.16. The SMILES string of the molecule is CC1CCC(O)(c2scnc2Br)CC1C. The summed E-state index contributed by atoms with van der Waals surface area (Å²) < 4.78 is 0.816. The molecule has 0 radical (unpaired) electrons. The number of halogens is 1. The number of nitrogens with zero attached hydrogens (tertiary/aromatic N) is 1. The number of aliphatic hydroxyl groups is 1. The van der Waals surface area contributed by atoms with Crippen LogP contribution in [0, 0.1) is 11.8 Å². The average Bonchev–Trinajstić information content (AvgIpc) is 2.59. The van der Waals surface area contributed by atoms with Crippen molar-refractivity contribution in [2.45, 2.75) is 38.7 Å². The van der Waals surface area contributed by atoms with Crippen molar-refractivity contribution in [1.29, 1.82) is 0 Å². The van der Waals surface area contributed by atoms with Gasteiger partial charge in [-0.2, -0.15) is 0 Å². The summed E-state index contributed by atoms with van der Waals surface area (Å²) in [6, 6.07) is 0. The minimum atomic E-state index is -0.647. The zero-order chi connectivity index (χ0) is 11.1. The summed E-state index contributed by atoms with van der Waals surface area (Å²) in [6.07, 6.45) is 2.82. The minimum absolute atomic E-state index is 0.581. The molecule has 1 fully saturated rings. The van der Waals surface area contributed by atoms with E-state index in [0.29, 0.717) is 5.92 Å². The van der Waals surface area contributed by atoms with Crippen LogP contribution in [0.2, 0.25) is 0 Å². The van der Waals surface area contributed by atoms with Gasteiger partial charge in [-0.1, -0.05) is 13.8 Å². The predicted octanol–water partition coefficient (Wildman–Crippen LogP) is 3.55. The van der Waals surface area contributed by atoms with E-state index < -0.39 is 5.60 Å². The van der Waals surface area contributed by atoms with Gasteiger partial charge in [0, 0.05) is 0 Å². The van der Waals surface area contributed by atoms with E-state index in [1.165, 1.54) is 0 Å². The van der Waals surface area contributed by atoms with E-state index >= 15 is 0 Å². The lowest BCUT2D eigenvalue weighted by molar-refractivity contribution is -0.0313. The van der Waals surface area contributed by atoms with Crippen LogP contribution in [0.3, 0.4) is 0 Å². The second kappa shape index (κ2) is 4.15. The second-order valence-electron chi connectivity index (χ2n) is 4.70. The first-order valence-electron chi connectivity index (χ1n) is 5.35. The average molecular weight is 290 g/mol. The third kappa shape index (κ3) is 2.12. The van der Waals surface area contributed by atoms with Gasteiger partial charge in [0.1, 0.15) is 10.2 Å². The van der Waals surface area contributed by atoms with Crippen LogP contribution in [0.15, 0.2) is 10.1 Å². The first-order valence-corrected chi connectivity index (χ1v) is 7.02. The summed E-state index contributed by atoms with van der Waals surface area (Å²) in [6.45, 7) is 4.50. The first-order chi connectivity index (χ1) is 7.03. The maximum Gasteiger partial charge on any atom is 0.123 e. The lowest BCUT2D eigenvalue weighted by Crippen LogP contribution is -2.34. The van der Waals surface area contributed by atoms with Crippen LogP contribution in [0.25, 0.3) is 0 Å². The molecule has 15 heavy (non-hydrogen) atoms. The molecule has 0 saturated heterocycles. The Kier molecular flexibility index (Phi) is 3.20. The topological polar surface area (TPSA) is 33.1 Å². The molecule has 1 aliphatic carbocycles. The Morgan fingerprint density at radius 2 is 2.27 bits per heavy atom. The highest BCUT2D eigenvalue weighted by molar-refractivity contribution is 9.10. The largest absolute Gasteiger partial charge is 0.384 e. The van der Waals surface area contributed by atoms with Crippen LogP contribution in [-0.4, -0.2) is 10.1 Å². The van der Waals surface area contributed by atoms with Gasteiger partial charge in [0.15, 0.2) is 0 Å². The summed E-state index contributed by atoms with van der Waals surface area (Å²) >= 11 is 4.96. The molecule has 1 aliphatic rings. The molecule has 0 bridgehead atoms. The molecular formula is C11H16BrNOS. The van der Waals surface area contributed by atoms with Gasteiger partial charge < -0.3 is 5.11 Å². The lowest BCUT2D eigenvalue weighted by Gasteiger charge is -2.38. The standard InChI is InChI=1S/C11H16BrNOS/c1-7-3-4-11(14,5-8(7)2)9-10(12)13-6-15-9/h6-8,14H,3-5H2,1-2H3. The van der Waals surface area contributed by atoms with Crippen LogP contribution < -0.4 is 0 Å². The molecule has 2 rings (SSSR count). The normalized spacial score (nSPS) is 36.8. The van der Waals surface area contributed by atoms with Gasteiger partial charge in [0.05, 0.1) is 10.4 Å². The molecule has 1 aromatic rings. The minimum Gasteiger partial charge on any atom is -0.384 e. The number of rotatable bonds is 1. The van der Waals surface area contributed by atoms with Crippen LogP contribution in [0.1, 0.15) is 38.0 Å². The third-order valence-corrected chi connectivity index (χ3v) is 5.47. The number of hydrogen-bond donors (Lipinski definition) is 1. The smallest absolute Gasteiger partial charge is 0.123 e. The van der Waals surface area contributed by atoms with Gasteiger partial charge in [-0.05, 0) is 47.0 Å². The van der Waals surface area contributed by atoms with Crippen molar-refractivity contribution < 1.29 is 5.11 Å². The molecule has 0 aliphatic heterocycles. The fourth-order valence-corrected chi connectivity index (χ4v) is 4.03. The molecule has 84 valence electrons. The Hall–Kier alpha value is 0.0700. The molecule has 0 aromatic carbocycles. The maximum atomic E-state index is 10.6. The van der Waals surface area contributed by atoms with Gasteiger partial charge in [-0.15, -0.1) is 11.3 Å². The van der Waals surface area contributed by atoms with E-state index in [1.807, 2.05) is 0 Å². The van der Waals surface area contributed by atoms with Gasteiger partial charge in [0.2, 0.25) is 0 Å². The van der Waals surface area contributed by atoms with Crippen molar-refractivity contribution in [2.24, 2.45) is 11.8 Å². The zero-order valence-electron chi connectivity index (χ0n) is 9.03. The molecule has 4 heteroatoms. The van der Waals surface area contributed by atoms with Crippen molar-refractivity contribution in [1.82, 2.24) is 4.98 Å². The Morgan fingerprint density at radius 1 is 1.53 bits per heavy atom. The predicted molar refractivity (Wildman–Crippen MR) is 65.9 cm³/mol. The Morgan fingerprint density at radius 3 is 2.80 bits per heavy atom. The lowest BCUT2D eigenvalue weighted by atomic mass is 9.73. The van der Waals surface area contributed by atoms with Crippen LogP contribution >= 0.6 is 27.3 Å². The first kappa shape index (κ1) is 11.6. The third-order valence-electron chi connectivity index (χ3n) is 3.59. The fraction of sp³-hybridized carbons (Fsp3) is 0.727. The maximum absolute atomic E-state index is 10.6. The Balaban J connectivity index is 2.25. The molecule has 3 unspecified atom stereocenters. The molecule has 1 N–H and O–H groups in total. The second-order valence-corrected chi connectivity index (χ2v) is 6.31. The van der Waals surface area contributed by atoms with E-state index in [4.69, 9.17) is 0 Å². The van der Waals surface area contributed by atoms with E-state index in [-0.39, 0.29) is 0 Å². The summed E-state index contributed by atoms with van der Waals surface area (Å²) in [5.41, 5.74) is 1.14. The number of hydrogen-bond acceptors (Lipinski definition) is 3. The highest BCUT2D eigenvalue weighted by Crippen LogP contribution is 2.45. The van der Waals surface area contributed by atoms with Crippen molar-refractivity contribution in [3.05, 3.63) is 15.0 Å². The van der Waals surface area contributed by atoms with Crippen molar-refractivity contribution in [2.75, 3.05) is 0 Å². The van der Waals surface area contributed by atoms with Gasteiger partial charge in [-0.25, -0.2) is 4.98 Å². The summed E-state index contributed by atoms with van der Waals surface area (Å²) in [5.74, 6) is 1.30. The molecule has 2 nitrogen and oxygen atoms in total. The Labute approximate surface area is 103 Å². The van der Waals surface area contributed by atoms with Crippen LogP contribution in [0.5, 0.6) is 0 Å². The van der Waals surface area contributed by atoms with Crippen molar-refractivity contribution in [3.8, 4) is 0 Å². The molecule has 1 aromatic heterocycles. The molecule has 0 amide bonds. The molecular weight excluding hydrogens is 274 g/mol. The van der Waals surface area contributed by atoms with E-state index in [9.17, 15) is 5.11 Å². The van der Waals surface area contributed by atoms with Crippen LogP contribution in [0.4, 0.5) is 0 Å². The van der Waals surface area contributed by atoms with Gasteiger partial charge in [-0.3, -0.25) is 0 Å². The number of thiazole rings is 1.